The minimum atomic E-state index is -0.875. The van der Waals surface area contributed by atoms with Crippen LogP contribution >= 0.6 is 11.6 Å². The highest BCUT2D eigenvalue weighted by atomic mass is 35.5. The van der Waals surface area contributed by atoms with Gasteiger partial charge in [0.05, 0.1) is 23.6 Å². The SMILES string of the molecule is CC(=O)[C@@H]1[C@H](C)[C@@H]2CN1C(=O)[C@H](C(C)(C)C)NC(=O)O[C@@H]1C[C@H]1CCCCCCc1nc3ccc(Cl)cc3nc1O2. The van der Waals surface area contributed by atoms with Gasteiger partial charge in [-0.15, -0.1) is 0 Å². The number of amides is 2. The Bertz CT molecular complexity index is 1330. The number of hydrogen-bond donors (Lipinski definition) is 1. The van der Waals surface area contributed by atoms with E-state index in [-0.39, 0.29) is 30.3 Å². The molecule has 1 N–H and O–H groups in total. The first-order chi connectivity index (χ1) is 19.4. The van der Waals surface area contributed by atoms with E-state index in [1.54, 1.807) is 17.0 Å². The van der Waals surface area contributed by atoms with E-state index in [9.17, 15) is 14.4 Å². The molecule has 1 aromatic carbocycles. The number of nitrogens with zero attached hydrogens (tertiary/aromatic N) is 3. The first-order valence-electron chi connectivity index (χ1n) is 14.8. The molecule has 1 saturated carbocycles. The Hall–Kier alpha value is -2.94. The zero-order valence-corrected chi connectivity index (χ0v) is 25.4. The first kappa shape index (κ1) is 29.5. The molecule has 6 atom stereocenters. The number of carbonyl (C=O) groups excluding carboxylic acids is 3. The number of carbonyl (C=O) groups is 3. The van der Waals surface area contributed by atoms with Crippen molar-refractivity contribution in [2.45, 2.75) is 104 Å². The number of aryl methyl sites for hydroxylation is 1. The molecule has 0 unspecified atom stereocenters. The van der Waals surface area contributed by atoms with E-state index in [4.69, 9.17) is 31.0 Å². The lowest BCUT2D eigenvalue weighted by atomic mass is 9.85. The molecule has 222 valence electrons. The highest BCUT2D eigenvalue weighted by Crippen LogP contribution is 2.39. The number of alkyl carbamates (subject to hydrolysis) is 1. The fraction of sp³-hybridized carbons (Fsp3) is 0.645. The van der Waals surface area contributed by atoms with Gasteiger partial charge in [-0.3, -0.25) is 9.59 Å². The van der Waals surface area contributed by atoms with Crippen LogP contribution in [0.1, 0.15) is 78.8 Å². The number of halogens is 1. The van der Waals surface area contributed by atoms with Gasteiger partial charge in [-0.1, -0.05) is 58.6 Å². The van der Waals surface area contributed by atoms with Gasteiger partial charge in [-0.05, 0) is 62.1 Å². The highest BCUT2D eigenvalue weighted by Gasteiger charge is 2.49. The highest BCUT2D eigenvalue weighted by molar-refractivity contribution is 6.31. The topological polar surface area (TPSA) is 111 Å². The van der Waals surface area contributed by atoms with Gasteiger partial charge in [-0.2, -0.15) is 0 Å². The van der Waals surface area contributed by atoms with Crippen molar-refractivity contribution in [1.82, 2.24) is 20.2 Å². The van der Waals surface area contributed by atoms with Crippen LogP contribution in [-0.4, -0.2) is 63.5 Å². The Labute approximate surface area is 246 Å². The summed E-state index contributed by atoms with van der Waals surface area (Å²) in [5, 5.41) is 3.39. The van der Waals surface area contributed by atoms with Crippen molar-refractivity contribution in [3.63, 3.8) is 0 Å². The molecule has 10 heteroatoms. The smallest absolute Gasteiger partial charge is 0.408 e. The molecule has 0 spiro atoms. The van der Waals surface area contributed by atoms with Crippen molar-refractivity contribution in [3.05, 3.63) is 28.9 Å². The van der Waals surface area contributed by atoms with Crippen molar-refractivity contribution >= 4 is 40.4 Å². The van der Waals surface area contributed by atoms with Gasteiger partial charge in [0.2, 0.25) is 11.8 Å². The predicted octanol–water partition coefficient (Wildman–Crippen LogP) is 5.50. The number of Topliss-reactive ketones (excluding diaryl/α,β-unsaturated/α-hetero) is 1. The number of nitrogens with one attached hydrogen (secondary N) is 1. The van der Waals surface area contributed by atoms with Crippen LogP contribution in [0.5, 0.6) is 5.88 Å². The molecule has 2 aromatic rings. The lowest BCUT2D eigenvalue weighted by molar-refractivity contribution is -0.141. The second kappa shape index (κ2) is 11.7. The minimum Gasteiger partial charge on any atom is -0.471 e. The molecule has 41 heavy (non-hydrogen) atoms. The molecule has 0 radical (unpaired) electrons. The van der Waals surface area contributed by atoms with Crippen LogP contribution in [0.2, 0.25) is 5.02 Å². The van der Waals surface area contributed by atoms with E-state index in [1.165, 1.54) is 6.92 Å². The third kappa shape index (κ3) is 6.60. The fourth-order valence-electron chi connectivity index (χ4n) is 6.19. The molecule has 2 aliphatic heterocycles. The Kier molecular flexibility index (Phi) is 8.46. The summed E-state index contributed by atoms with van der Waals surface area (Å²) in [4.78, 5) is 51.1. The maximum absolute atomic E-state index is 14.0. The van der Waals surface area contributed by atoms with Crippen molar-refractivity contribution in [1.29, 1.82) is 0 Å². The lowest BCUT2D eigenvalue weighted by Gasteiger charge is -2.35. The number of hydrogen-bond acceptors (Lipinski definition) is 7. The molecular formula is C31H41ClN4O5. The molecule has 2 fully saturated rings. The number of fused-ring (bicyclic) bond motifs is 5. The van der Waals surface area contributed by atoms with Gasteiger partial charge in [-0.25, -0.2) is 14.8 Å². The average molecular weight is 585 g/mol. The molecule has 1 saturated heterocycles. The van der Waals surface area contributed by atoms with Gasteiger partial charge in [0.15, 0.2) is 5.78 Å². The predicted molar refractivity (Wildman–Crippen MR) is 156 cm³/mol. The van der Waals surface area contributed by atoms with E-state index in [0.29, 0.717) is 28.8 Å². The molecule has 5 rings (SSSR count). The monoisotopic (exact) mass is 584 g/mol. The van der Waals surface area contributed by atoms with Crippen molar-refractivity contribution in [3.8, 4) is 5.88 Å². The molecule has 3 heterocycles. The van der Waals surface area contributed by atoms with Gasteiger partial charge >= 0.3 is 6.09 Å². The van der Waals surface area contributed by atoms with E-state index in [2.05, 4.69) is 5.32 Å². The van der Waals surface area contributed by atoms with Crippen molar-refractivity contribution in [2.24, 2.45) is 17.3 Å². The summed E-state index contributed by atoms with van der Waals surface area (Å²) in [7, 11) is 0. The molecular weight excluding hydrogens is 544 g/mol. The van der Waals surface area contributed by atoms with Gasteiger partial charge in [0.1, 0.15) is 23.9 Å². The maximum Gasteiger partial charge on any atom is 0.408 e. The van der Waals surface area contributed by atoms with Crippen LogP contribution in [0, 0.1) is 17.3 Å². The van der Waals surface area contributed by atoms with Crippen LogP contribution in [0.15, 0.2) is 18.2 Å². The number of ketones is 1. The second-order valence-electron chi connectivity index (χ2n) is 13.0. The summed E-state index contributed by atoms with van der Waals surface area (Å²) >= 11 is 6.25. The minimum absolute atomic E-state index is 0.105. The quantitative estimate of drug-likeness (QED) is 0.471. The lowest BCUT2D eigenvalue weighted by Crippen LogP contribution is -2.57. The summed E-state index contributed by atoms with van der Waals surface area (Å²) in [6, 6.07) is 3.85. The van der Waals surface area contributed by atoms with E-state index in [1.807, 2.05) is 33.8 Å². The third-order valence-corrected chi connectivity index (χ3v) is 8.89. The van der Waals surface area contributed by atoms with Crippen LogP contribution in [0.3, 0.4) is 0 Å². The number of rotatable bonds is 1. The summed E-state index contributed by atoms with van der Waals surface area (Å²) in [6.45, 7) is 9.28. The van der Waals surface area contributed by atoms with E-state index >= 15 is 0 Å². The number of aromatic nitrogens is 2. The van der Waals surface area contributed by atoms with E-state index in [0.717, 1.165) is 49.7 Å². The summed E-state index contributed by atoms with van der Waals surface area (Å²) in [5.41, 5.74) is 1.53. The Morgan fingerprint density at radius 1 is 1.05 bits per heavy atom. The molecule has 2 amide bonds. The standard InChI is InChI=1S/C31H41ClN4O5/c1-17-25-16-36(26(17)18(2)37)29(38)27(31(3,4)5)35-30(39)41-24-14-19(24)10-8-6-7-9-11-22-28(40-25)34-23-15-20(32)12-13-21(23)33-22/h12-13,15,17,19,24-27H,6-11,14,16H2,1-5H3,(H,35,39)/t17-,19-,24-,25+,26+,27-/m1/s1. The number of ether oxygens (including phenoxy) is 2. The largest absolute Gasteiger partial charge is 0.471 e. The molecule has 1 aliphatic carbocycles. The Morgan fingerprint density at radius 2 is 1.80 bits per heavy atom. The molecule has 1 aromatic heterocycles. The molecule has 3 aliphatic rings. The first-order valence-corrected chi connectivity index (χ1v) is 15.2. The van der Waals surface area contributed by atoms with Gasteiger partial charge in [0.25, 0.3) is 0 Å². The average Bonchev–Trinajstić information content (AvgIpc) is 3.54. The van der Waals surface area contributed by atoms with Crippen molar-refractivity contribution < 1.29 is 23.9 Å². The Morgan fingerprint density at radius 3 is 2.54 bits per heavy atom. The van der Waals surface area contributed by atoms with Gasteiger partial charge < -0.3 is 19.7 Å². The second-order valence-corrected chi connectivity index (χ2v) is 13.4. The van der Waals surface area contributed by atoms with Crippen LogP contribution in [-0.2, 0) is 20.7 Å². The van der Waals surface area contributed by atoms with Crippen LogP contribution in [0.4, 0.5) is 4.79 Å². The van der Waals surface area contributed by atoms with Crippen LogP contribution in [0.25, 0.3) is 11.0 Å². The summed E-state index contributed by atoms with van der Waals surface area (Å²) in [6.07, 6.45) is 5.53. The molecule has 2 bridgehead atoms. The van der Waals surface area contributed by atoms with E-state index < -0.39 is 29.7 Å². The zero-order chi connectivity index (χ0) is 29.5. The van der Waals surface area contributed by atoms with Crippen LogP contribution < -0.4 is 10.1 Å². The third-order valence-electron chi connectivity index (χ3n) is 8.65. The van der Waals surface area contributed by atoms with Crippen molar-refractivity contribution in [2.75, 3.05) is 6.54 Å². The Balaban J connectivity index is 1.49. The number of benzene rings is 1. The normalized spacial score (nSPS) is 29.7. The summed E-state index contributed by atoms with van der Waals surface area (Å²) < 4.78 is 12.2. The summed E-state index contributed by atoms with van der Waals surface area (Å²) in [5.74, 6) is 0.0286. The fourth-order valence-corrected chi connectivity index (χ4v) is 6.36. The molecule has 9 nitrogen and oxygen atoms in total. The zero-order valence-electron chi connectivity index (χ0n) is 24.6. The van der Waals surface area contributed by atoms with Gasteiger partial charge in [0, 0.05) is 10.9 Å². The maximum atomic E-state index is 14.0.